The molecule has 1 aromatic heterocycles. The van der Waals surface area contributed by atoms with Gasteiger partial charge in [0.05, 0.1) is 11.4 Å². The molecule has 0 amide bonds. The van der Waals surface area contributed by atoms with Gasteiger partial charge in [0.1, 0.15) is 17.0 Å². The molecule has 6 rings (SSSR count). The number of rotatable bonds is 7. The van der Waals surface area contributed by atoms with Gasteiger partial charge in [0, 0.05) is 17.2 Å². The van der Waals surface area contributed by atoms with E-state index >= 15 is 0 Å². The van der Waals surface area contributed by atoms with Gasteiger partial charge in [-0.05, 0) is 52.0 Å². The summed E-state index contributed by atoms with van der Waals surface area (Å²) in [6.45, 7) is 8.75. The summed E-state index contributed by atoms with van der Waals surface area (Å²) in [5.74, 6) is 1.79. The number of amidine groups is 1. The Morgan fingerprint density at radius 1 is 0.650 bits per heavy atom. The van der Waals surface area contributed by atoms with E-state index < -0.39 is 5.66 Å². The van der Waals surface area contributed by atoms with Crippen molar-refractivity contribution < 1.29 is 0 Å². The number of benzene rings is 4. The number of nitrogens with zero attached hydrogens (tertiary/aromatic N) is 5. The van der Waals surface area contributed by atoms with Crippen LogP contribution < -0.4 is 15.2 Å². The Morgan fingerprint density at radius 3 is 1.70 bits per heavy atom. The molecule has 0 aliphatic carbocycles. The lowest BCUT2D eigenvalue weighted by Crippen LogP contribution is -2.52. The van der Waals surface area contributed by atoms with E-state index in [0.717, 1.165) is 45.5 Å². The molecule has 0 saturated heterocycles. The topological polar surface area (TPSA) is 48.7 Å². The van der Waals surface area contributed by atoms with Gasteiger partial charge in [-0.3, -0.25) is 4.90 Å². The van der Waals surface area contributed by atoms with E-state index in [2.05, 4.69) is 128 Å². The second-order valence-electron chi connectivity index (χ2n) is 10.7. The number of anilines is 3. The molecule has 1 N–H and O–H groups in total. The Balaban J connectivity index is 1.66. The van der Waals surface area contributed by atoms with Crippen LogP contribution in [0.1, 0.15) is 33.3 Å². The molecule has 6 nitrogen and oxygen atoms in total. The van der Waals surface area contributed by atoms with E-state index in [1.807, 2.05) is 41.1 Å². The Kier molecular flexibility index (Phi) is 6.60. The van der Waals surface area contributed by atoms with E-state index in [1.54, 1.807) is 0 Å². The molecule has 4 aromatic carbocycles. The monoisotopic (exact) mass is 526 g/mol. The highest BCUT2D eigenvalue weighted by atomic mass is 15.7. The van der Waals surface area contributed by atoms with E-state index in [-0.39, 0.29) is 6.04 Å². The van der Waals surface area contributed by atoms with E-state index in [1.165, 1.54) is 0 Å². The molecule has 0 unspecified atom stereocenters. The van der Waals surface area contributed by atoms with Crippen molar-refractivity contribution in [1.82, 2.24) is 9.78 Å². The van der Waals surface area contributed by atoms with Crippen molar-refractivity contribution in [3.05, 3.63) is 127 Å². The number of nitrogens with one attached hydrogen (secondary N) is 1. The van der Waals surface area contributed by atoms with Gasteiger partial charge in [0.25, 0.3) is 0 Å². The summed E-state index contributed by atoms with van der Waals surface area (Å²) in [5, 5.41) is 16.4. The first kappa shape index (κ1) is 25.4. The smallest absolute Gasteiger partial charge is 0.163 e. The minimum absolute atomic E-state index is 0.176. The molecule has 2 heterocycles. The second-order valence-corrected chi connectivity index (χ2v) is 10.7. The van der Waals surface area contributed by atoms with Gasteiger partial charge in [-0.25, -0.2) is 9.69 Å². The van der Waals surface area contributed by atoms with Crippen LogP contribution in [0.15, 0.2) is 126 Å². The number of aromatic nitrogens is 2. The summed E-state index contributed by atoms with van der Waals surface area (Å²) in [6.07, 6.45) is 0. The Labute approximate surface area is 236 Å². The Bertz CT molecular complexity index is 1610. The van der Waals surface area contributed by atoms with Gasteiger partial charge < -0.3 is 5.32 Å². The summed E-state index contributed by atoms with van der Waals surface area (Å²) in [4.78, 5) is 2.34. The fourth-order valence-corrected chi connectivity index (χ4v) is 5.28. The predicted molar refractivity (Wildman–Crippen MR) is 166 cm³/mol. The highest BCUT2D eigenvalue weighted by molar-refractivity contribution is 6.16. The fourth-order valence-electron chi connectivity index (χ4n) is 5.28. The zero-order valence-corrected chi connectivity index (χ0v) is 23.4. The lowest BCUT2D eigenvalue weighted by molar-refractivity contribution is 0.515. The summed E-state index contributed by atoms with van der Waals surface area (Å²) < 4.78 is 2.03. The largest absolute Gasteiger partial charge is 0.366 e. The van der Waals surface area contributed by atoms with Gasteiger partial charge in [-0.2, -0.15) is 10.2 Å². The van der Waals surface area contributed by atoms with Crippen LogP contribution in [0.4, 0.5) is 17.2 Å². The maximum absolute atomic E-state index is 5.29. The normalized spacial score (nSPS) is 14.5. The van der Waals surface area contributed by atoms with Crippen LogP contribution in [0.5, 0.6) is 0 Å². The second kappa shape index (κ2) is 10.4. The summed E-state index contributed by atoms with van der Waals surface area (Å²) >= 11 is 0. The zero-order valence-electron chi connectivity index (χ0n) is 23.4. The standard InChI is InChI=1S/C34H34N6/c1-25(2)35-33-31(30(26-17-9-5-10-18-26)36-39(33)28-21-13-7-14-22-28)38-32(27-19-11-6-12-20-27)37-40(34(38,3)4)29-23-15-8-16-24-29/h5-25,35H,1-4H3. The Hall–Kier alpha value is -4.84. The number of para-hydroxylation sites is 2. The van der Waals surface area contributed by atoms with Crippen LogP contribution in [0.2, 0.25) is 0 Å². The quantitative estimate of drug-likeness (QED) is 0.235. The van der Waals surface area contributed by atoms with Crippen LogP contribution in [-0.2, 0) is 0 Å². The molecule has 5 aromatic rings. The van der Waals surface area contributed by atoms with E-state index in [4.69, 9.17) is 10.2 Å². The van der Waals surface area contributed by atoms with Crippen molar-refractivity contribution in [1.29, 1.82) is 0 Å². The Morgan fingerprint density at radius 2 is 1.15 bits per heavy atom. The maximum Gasteiger partial charge on any atom is 0.163 e. The predicted octanol–water partition coefficient (Wildman–Crippen LogP) is 7.78. The first-order chi connectivity index (χ1) is 19.4. The van der Waals surface area contributed by atoms with Crippen LogP contribution in [-0.4, -0.2) is 27.3 Å². The summed E-state index contributed by atoms with van der Waals surface area (Å²) in [7, 11) is 0. The minimum atomic E-state index is -0.561. The highest BCUT2D eigenvalue weighted by Crippen LogP contribution is 2.46. The first-order valence-electron chi connectivity index (χ1n) is 13.7. The summed E-state index contributed by atoms with van der Waals surface area (Å²) in [6, 6.07) is 41.7. The van der Waals surface area contributed by atoms with Gasteiger partial charge in [0.15, 0.2) is 11.7 Å². The average molecular weight is 527 g/mol. The molecule has 0 bridgehead atoms. The van der Waals surface area contributed by atoms with Crippen molar-refractivity contribution in [2.45, 2.75) is 39.4 Å². The average Bonchev–Trinajstić information content (AvgIpc) is 3.48. The molecular formula is C34H34N6. The molecule has 1 aliphatic rings. The number of hydrazone groups is 1. The third-order valence-corrected chi connectivity index (χ3v) is 7.06. The van der Waals surface area contributed by atoms with Crippen molar-refractivity contribution in [2.75, 3.05) is 15.2 Å². The van der Waals surface area contributed by atoms with E-state index in [9.17, 15) is 0 Å². The van der Waals surface area contributed by atoms with Crippen LogP contribution >= 0.6 is 0 Å². The molecule has 200 valence electrons. The lowest BCUT2D eigenvalue weighted by Gasteiger charge is -2.39. The van der Waals surface area contributed by atoms with Gasteiger partial charge in [0.2, 0.25) is 0 Å². The molecule has 0 fully saturated rings. The van der Waals surface area contributed by atoms with E-state index in [0.29, 0.717) is 0 Å². The van der Waals surface area contributed by atoms with Crippen molar-refractivity contribution in [3.63, 3.8) is 0 Å². The SMILES string of the molecule is CC(C)Nc1c(N2C(c3ccccc3)=NN(c3ccccc3)C2(C)C)c(-c2ccccc2)nn1-c1ccccc1. The molecule has 0 atom stereocenters. The zero-order chi connectivity index (χ0) is 27.7. The van der Waals surface area contributed by atoms with Crippen molar-refractivity contribution >= 4 is 23.0 Å². The molecule has 0 radical (unpaired) electrons. The molecule has 6 heteroatoms. The molecule has 0 spiro atoms. The van der Waals surface area contributed by atoms with Gasteiger partial charge in [-0.15, -0.1) is 0 Å². The molecule has 0 saturated carbocycles. The maximum atomic E-state index is 5.29. The van der Waals surface area contributed by atoms with Gasteiger partial charge in [-0.1, -0.05) is 97.1 Å². The highest BCUT2D eigenvalue weighted by Gasteiger charge is 2.46. The third kappa shape index (κ3) is 4.51. The molecule has 40 heavy (non-hydrogen) atoms. The number of hydrogen-bond acceptors (Lipinski definition) is 5. The van der Waals surface area contributed by atoms with Crippen LogP contribution in [0, 0.1) is 0 Å². The van der Waals surface area contributed by atoms with Crippen molar-refractivity contribution in [3.8, 4) is 16.9 Å². The van der Waals surface area contributed by atoms with Crippen LogP contribution in [0.25, 0.3) is 16.9 Å². The van der Waals surface area contributed by atoms with Crippen LogP contribution in [0.3, 0.4) is 0 Å². The lowest BCUT2D eigenvalue weighted by atomic mass is 10.0. The molecule has 1 aliphatic heterocycles. The molecular weight excluding hydrogens is 492 g/mol. The number of hydrogen-bond donors (Lipinski definition) is 1. The first-order valence-corrected chi connectivity index (χ1v) is 13.7. The van der Waals surface area contributed by atoms with Crippen molar-refractivity contribution in [2.24, 2.45) is 5.10 Å². The minimum Gasteiger partial charge on any atom is -0.366 e. The third-order valence-electron chi connectivity index (χ3n) is 7.06. The summed E-state index contributed by atoms with van der Waals surface area (Å²) in [5.41, 5.74) is 5.40. The fraction of sp³-hybridized carbons (Fsp3) is 0.176. The van der Waals surface area contributed by atoms with Gasteiger partial charge >= 0.3 is 0 Å².